The molecule has 0 aliphatic heterocycles. The summed E-state index contributed by atoms with van der Waals surface area (Å²) in [4.78, 5) is 12.1. The molecule has 94 valence electrons. The third-order valence-corrected chi connectivity index (χ3v) is 5.97. The van der Waals surface area contributed by atoms with E-state index >= 15 is 0 Å². The first kappa shape index (κ1) is 10.4. The van der Waals surface area contributed by atoms with Gasteiger partial charge in [-0.25, -0.2) is 0 Å². The van der Waals surface area contributed by atoms with Crippen molar-refractivity contribution in [3.8, 4) is 0 Å². The van der Waals surface area contributed by atoms with E-state index in [1.54, 1.807) is 0 Å². The molecule has 0 radical (unpaired) electrons. The summed E-state index contributed by atoms with van der Waals surface area (Å²) < 4.78 is 0. The maximum atomic E-state index is 12.1. The summed E-state index contributed by atoms with van der Waals surface area (Å²) in [5.41, 5.74) is 0.0542. The normalized spacial score (nSPS) is 47.7. The van der Waals surface area contributed by atoms with Gasteiger partial charge in [-0.3, -0.25) is 4.79 Å². The van der Waals surface area contributed by atoms with Crippen LogP contribution < -0.4 is 5.32 Å². The molecule has 4 saturated carbocycles. The van der Waals surface area contributed by atoms with Crippen molar-refractivity contribution in [1.82, 2.24) is 5.32 Å². The third-order valence-electron chi connectivity index (χ3n) is 5.97. The Bertz CT molecular complexity index is 347. The van der Waals surface area contributed by atoms with Crippen LogP contribution in [0.15, 0.2) is 0 Å². The second-order valence-electron chi connectivity index (χ2n) is 6.89. The van der Waals surface area contributed by atoms with Crippen LogP contribution in [-0.4, -0.2) is 24.2 Å². The second kappa shape index (κ2) is 3.25. The van der Waals surface area contributed by atoms with E-state index in [0.717, 1.165) is 36.5 Å². The fourth-order valence-corrected chi connectivity index (χ4v) is 4.64. The van der Waals surface area contributed by atoms with Gasteiger partial charge >= 0.3 is 0 Å². The average molecular weight is 235 g/mol. The van der Waals surface area contributed by atoms with Gasteiger partial charge in [-0.2, -0.15) is 0 Å². The van der Waals surface area contributed by atoms with E-state index in [9.17, 15) is 9.90 Å². The molecule has 4 aliphatic rings. The number of aliphatic hydroxyl groups is 1. The minimum absolute atomic E-state index is 0.0542. The topological polar surface area (TPSA) is 49.3 Å². The molecule has 0 spiro atoms. The smallest absolute Gasteiger partial charge is 0.223 e. The van der Waals surface area contributed by atoms with Gasteiger partial charge in [0.2, 0.25) is 5.91 Å². The molecule has 3 heteroatoms. The van der Waals surface area contributed by atoms with Crippen LogP contribution in [0, 0.1) is 35.0 Å². The lowest BCUT2D eigenvalue weighted by Crippen LogP contribution is -2.34. The van der Waals surface area contributed by atoms with Crippen molar-refractivity contribution >= 4 is 5.91 Å². The zero-order chi connectivity index (χ0) is 11.6. The first-order valence-electron chi connectivity index (χ1n) is 7.13. The first-order valence-corrected chi connectivity index (χ1v) is 7.13. The second-order valence-corrected chi connectivity index (χ2v) is 6.89. The quantitative estimate of drug-likeness (QED) is 0.768. The zero-order valence-electron chi connectivity index (χ0n) is 10.2. The Morgan fingerprint density at radius 1 is 1.24 bits per heavy atom. The largest absolute Gasteiger partial charge is 0.396 e. The van der Waals surface area contributed by atoms with Crippen molar-refractivity contribution in [2.75, 3.05) is 13.2 Å². The van der Waals surface area contributed by atoms with Gasteiger partial charge < -0.3 is 10.4 Å². The van der Waals surface area contributed by atoms with Crippen LogP contribution in [0.4, 0.5) is 0 Å². The molecule has 0 heterocycles. The third kappa shape index (κ3) is 1.41. The number of carbonyl (C=O) groups excluding carboxylic acids is 1. The lowest BCUT2D eigenvalue weighted by molar-refractivity contribution is -0.123. The minimum atomic E-state index is 0.0542. The summed E-state index contributed by atoms with van der Waals surface area (Å²) in [6, 6.07) is 0. The van der Waals surface area contributed by atoms with Crippen molar-refractivity contribution in [2.24, 2.45) is 35.0 Å². The van der Waals surface area contributed by atoms with Gasteiger partial charge in [0.15, 0.2) is 0 Å². The van der Waals surface area contributed by atoms with Crippen molar-refractivity contribution in [1.29, 1.82) is 0 Å². The number of carbonyl (C=O) groups is 1. The van der Waals surface area contributed by atoms with Gasteiger partial charge in [0.1, 0.15) is 0 Å². The van der Waals surface area contributed by atoms with E-state index in [1.807, 2.05) is 0 Å². The number of nitrogens with one attached hydrogen (secondary N) is 1. The minimum Gasteiger partial charge on any atom is -0.396 e. The van der Waals surface area contributed by atoms with Gasteiger partial charge in [-0.1, -0.05) is 0 Å². The summed E-state index contributed by atoms with van der Waals surface area (Å²) in [5.74, 6) is 3.84. The summed E-state index contributed by atoms with van der Waals surface area (Å²) in [5, 5.41) is 12.3. The van der Waals surface area contributed by atoms with Gasteiger partial charge in [0.25, 0.3) is 0 Å². The SMILES string of the molecule is O=C(NCC1(CO)CC1)C1C2C3CCC(C3)C12. The van der Waals surface area contributed by atoms with E-state index in [-0.39, 0.29) is 17.9 Å². The van der Waals surface area contributed by atoms with E-state index in [2.05, 4.69) is 5.32 Å². The zero-order valence-corrected chi connectivity index (χ0v) is 10.2. The number of hydrogen-bond acceptors (Lipinski definition) is 2. The fraction of sp³-hybridized carbons (Fsp3) is 0.929. The van der Waals surface area contributed by atoms with E-state index in [1.165, 1.54) is 19.3 Å². The Kier molecular flexibility index (Phi) is 1.98. The van der Waals surface area contributed by atoms with E-state index < -0.39 is 0 Å². The maximum Gasteiger partial charge on any atom is 0.223 e. The number of amides is 1. The van der Waals surface area contributed by atoms with E-state index in [0.29, 0.717) is 12.5 Å². The van der Waals surface area contributed by atoms with Gasteiger partial charge in [-0.05, 0) is 55.8 Å². The van der Waals surface area contributed by atoms with Crippen LogP contribution in [0.3, 0.4) is 0 Å². The highest BCUT2D eigenvalue weighted by Crippen LogP contribution is 2.69. The number of aliphatic hydroxyl groups excluding tert-OH is 1. The highest BCUT2D eigenvalue weighted by molar-refractivity contribution is 5.82. The summed E-state index contributed by atoms with van der Waals surface area (Å²) in [6.45, 7) is 0.934. The Morgan fingerprint density at radius 2 is 1.88 bits per heavy atom. The summed E-state index contributed by atoms with van der Waals surface area (Å²) in [6.07, 6.45) is 6.30. The number of fused-ring (bicyclic) bond motifs is 5. The van der Waals surface area contributed by atoms with Crippen LogP contribution in [0.1, 0.15) is 32.1 Å². The predicted octanol–water partition coefficient (Wildman–Crippen LogP) is 1.17. The molecule has 1 amide bonds. The lowest BCUT2D eigenvalue weighted by Gasteiger charge is -2.14. The van der Waals surface area contributed by atoms with Gasteiger partial charge in [0, 0.05) is 17.9 Å². The Morgan fingerprint density at radius 3 is 2.41 bits per heavy atom. The molecule has 4 aliphatic carbocycles. The average Bonchev–Trinajstić information content (AvgIpc) is 3.23. The molecule has 4 unspecified atom stereocenters. The highest BCUT2D eigenvalue weighted by atomic mass is 16.3. The van der Waals surface area contributed by atoms with Crippen LogP contribution in [0.25, 0.3) is 0 Å². The maximum absolute atomic E-state index is 12.1. The summed E-state index contributed by atoms with van der Waals surface area (Å²) in [7, 11) is 0. The van der Waals surface area contributed by atoms with Crippen LogP contribution >= 0.6 is 0 Å². The van der Waals surface area contributed by atoms with Crippen molar-refractivity contribution in [2.45, 2.75) is 32.1 Å². The molecule has 4 atom stereocenters. The molecular weight excluding hydrogens is 214 g/mol. The number of rotatable bonds is 4. The summed E-state index contributed by atoms with van der Waals surface area (Å²) >= 11 is 0. The standard InChI is InChI=1S/C14H21NO2/c16-7-14(3-4-14)6-15-13(17)12-10-8-1-2-9(5-8)11(10)12/h8-12,16H,1-7H2,(H,15,17). The molecule has 17 heavy (non-hydrogen) atoms. The molecule has 0 aromatic heterocycles. The fourth-order valence-electron chi connectivity index (χ4n) is 4.64. The Balaban J connectivity index is 1.34. The van der Waals surface area contributed by atoms with Crippen LogP contribution in [0.5, 0.6) is 0 Å². The molecule has 0 aromatic carbocycles. The van der Waals surface area contributed by atoms with Crippen LogP contribution in [0.2, 0.25) is 0 Å². The van der Waals surface area contributed by atoms with Gasteiger partial charge in [0.05, 0.1) is 6.61 Å². The highest BCUT2D eigenvalue weighted by Gasteiger charge is 2.67. The molecule has 3 nitrogen and oxygen atoms in total. The molecule has 4 fully saturated rings. The molecule has 0 saturated heterocycles. The van der Waals surface area contributed by atoms with E-state index in [4.69, 9.17) is 0 Å². The lowest BCUT2D eigenvalue weighted by atomic mass is 10.0. The Hall–Kier alpha value is -0.570. The monoisotopic (exact) mass is 235 g/mol. The van der Waals surface area contributed by atoms with Crippen molar-refractivity contribution < 1.29 is 9.90 Å². The molecule has 2 N–H and O–H groups in total. The van der Waals surface area contributed by atoms with Crippen molar-refractivity contribution in [3.05, 3.63) is 0 Å². The number of hydrogen-bond donors (Lipinski definition) is 2. The first-order chi connectivity index (χ1) is 8.24. The van der Waals surface area contributed by atoms with Crippen LogP contribution in [-0.2, 0) is 4.79 Å². The predicted molar refractivity (Wildman–Crippen MR) is 63.1 cm³/mol. The molecule has 0 aromatic rings. The molecule has 4 rings (SSSR count). The Labute approximate surface area is 102 Å². The molecular formula is C14H21NO2. The van der Waals surface area contributed by atoms with Gasteiger partial charge in [-0.15, -0.1) is 0 Å². The molecule has 2 bridgehead atoms. The van der Waals surface area contributed by atoms with Crippen molar-refractivity contribution in [3.63, 3.8) is 0 Å².